The molecule has 2 heterocycles. The molecule has 0 aromatic carbocycles. The maximum absolute atomic E-state index is 12.2. The monoisotopic (exact) mass is 303 g/mol. The highest BCUT2D eigenvalue weighted by Crippen LogP contribution is 2.21. The van der Waals surface area contributed by atoms with Crippen LogP contribution in [0.25, 0.3) is 0 Å². The number of rotatable bonds is 6. The van der Waals surface area contributed by atoms with Gasteiger partial charge < -0.3 is 5.73 Å². The first-order chi connectivity index (χ1) is 9.04. The van der Waals surface area contributed by atoms with Gasteiger partial charge in [-0.25, -0.2) is 13.1 Å². The molecule has 7 heteroatoms. The summed E-state index contributed by atoms with van der Waals surface area (Å²) < 4.78 is 27.1. The van der Waals surface area contributed by atoms with Crippen molar-refractivity contribution in [1.29, 1.82) is 0 Å². The van der Waals surface area contributed by atoms with Gasteiger partial charge in [0.05, 0.1) is 4.90 Å². The SMILES string of the molecule is CC(CNS(=O)(=O)c1ccsc1CN)N1CCCC1. The number of nitrogens with two attached hydrogens (primary N) is 1. The molecule has 0 amide bonds. The third-order valence-electron chi connectivity index (χ3n) is 3.51. The van der Waals surface area contributed by atoms with Crippen molar-refractivity contribution in [3.63, 3.8) is 0 Å². The molecular weight excluding hydrogens is 282 g/mol. The maximum atomic E-state index is 12.2. The summed E-state index contributed by atoms with van der Waals surface area (Å²) in [7, 11) is -3.43. The van der Waals surface area contributed by atoms with Crippen LogP contribution in [0.4, 0.5) is 0 Å². The van der Waals surface area contributed by atoms with E-state index in [-0.39, 0.29) is 12.6 Å². The summed E-state index contributed by atoms with van der Waals surface area (Å²) in [4.78, 5) is 3.36. The second kappa shape index (κ2) is 6.32. The average Bonchev–Trinajstić information content (AvgIpc) is 3.06. The van der Waals surface area contributed by atoms with E-state index in [4.69, 9.17) is 5.73 Å². The van der Waals surface area contributed by atoms with Gasteiger partial charge in [-0.2, -0.15) is 0 Å². The van der Waals surface area contributed by atoms with E-state index in [0.717, 1.165) is 13.1 Å². The Kier molecular flexibility index (Phi) is 4.97. The van der Waals surface area contributed by atoms with Crippen LogP contribution in [0.2, 0.25) is 0 Å². The lowest BCUT2D eigenvalue weighted by Crippen LogP contribution is -2.40. The molecule has 1 atom stereocenters. The van der Waals surface area contributed by atoms with Gasteiger partial charge in [0.25, 0.3) is 0 Å². The van der Waals surface area contributed by atoms with Gasteiger partial charge in [-0.15, -0.1) is 11.3 Å². The Morgan fingerprint density at radius 2 is 2.16 bits per heavy atom. The Bertz CT molecular complexity index is 507. The average molecular weight is 303 g/mol. The van der Waals surface area contributed by atoms with Gasteiger partial charge in [0.15, 0.2) is 0 Å². The predicted molar refractivity (Wildman–Crippen MR) is 77.7 cm³/mol. The van der Waals surface area contributed by atoms with Crippen molar-refractivity contribution in [2.75, 3.05) is 19.6 Å². The van der Waals surface area contributed by atoms with E-state index < -0.39 is 10.0 Å². The number of thiophene rings is 1. The lowest BCUT2D eigenvalue weighted by molar-refractivity contribution is 0.260. The zero-order valence-electron chi connectivity index (χ0n) is 11.1. The van der Waals surface area contributed by atoms with Gasteiger partial charge in [0.2, 0.25) is 10.0 Å². The summed E-state index contributed by atoms with van der Waals surface area (Å²) in [5.41, 5.74) is 5.56. The van der Waals surface area contributed by atoms with Crippen LogP contribution in [-0.4, -0.2) is 39.0 Å². The Morgan fingerprint density at radius 3 is 2.79 bits per heavy atom. The molecule has 1 aromatic heterocycles. The lowest BCUT2D eigenvalue weighted by Gasteiger charge is -2.23. The van der Waals surface area contributed by atoms with Gasteiger partial charge in [-0.05, 0) is 44.3 Å². The van der Waals surface area contributed by atoms with Gasteiger partial charge in [-0.3, -0.25) is 4.90 Å². The molecule has 1 fully saturated rings. The van der Waals surface area contributed by atoms with E-state index in [1.54, 1.807) is 11.4 Å². The fourth-order valence-corrected chi connectivity index (χ4v) is 4.79. The second-order valence-corrected chi connectivity index (χ2v) is 7.59. The molecule has 0 spiro atoms. The second-order valence-electron chi connectivity index (χ2n) is 4.86. The number of hydrogen-bond donors (Lipinski definition) is 2. The molecule has 1 aliphatic heterocycles. The van der Waals surface area contributed by atoms with Crippen molar-refractivity contribution >= 4 is 21.4 Å². The van der Waals surface area contributed by atoms with E-state index in [0.29, 0.717) is 16.3 Å². The van der Waals surface area contributed by atoms with Crippen molar-refractivity contribution in [3.05, 3.63) is 16.3 Å². The fourth-order valence-electron chi connectivity index (χ4n) is 2.34. The van der Waals surface area contributed by atoms with E-state index >= 15 is 0 Å². The van der Waals surface area contributed by atoms with Gasteiger partial charge in [0.1, 0.15) is 0 Å². The number of likely N-dealkylation sites (tertiary alicyclic amines) is 1. The van der Waals surface area contributed by atoms with Crippen LogP contribution in [0.3, 0.4) is 0 Å². The zero-order chi connectivity index (χ0) is 13.9. The summed E-state index contributed by atoms with van der Waals surface area (Å²) in [6.07, 6.45) is 2.41. The van der Waals surface area contributed by atoms with Gasteiger partial charge in [-0.1, -0.05) is 0 Å². The standard InChI is InChI=1S/C12H21N3O2S2/c1-10(15-5-2-3-6-15)9-14-19(16,17)12-4-7-18-11(12)8-13/h4,7,10,14H,2-3,5-6,8-9,13H2,1H3. The largest absolute Gasteiger partial charge is 0.326 e. The van der Waals surface area contributed by atoms with E-state index in [2.05, 4.69) is 16.5 Å². The van der Waals surface area contributed by atoms with Crippen molar-refractivity contribution in [3.8, 4) is 0 Å². The van der Waals surface area contributed by atoms with Crippen molar-refractivity contribution < 1.29 is 8.42 Å². The lowest BCUT2D eigenvalue weighted by atomic mass is 10.3. The van der Waals surface area contributed by atoms with Gasteiger partial charge >= 0.3 is 0 Å². The third kappa shape index (κ3) is 3.55. The Morgan fingerprint density at radius 1 is 1.47 bits per heavy atom. The first kappa shape index (κ1) is 14.9. The first-order valence-corrected chi connectivity index (χ1v) is 8.91. The molecule has 108 valence electrons. The molecule has 3 N–H and O–H groups in total. The topological polar surface area (TPSA) is 75.4 Å². The molecule has 1 saturated heterocycles. The quantitative estimate of drug-likeness (QED) is 0.821. The molecule has 1 aromatic rings. The fraction of sp³-hybridized carbons (Fsp3) is 0.667. The number of nitrogens with one attached hydrogen (secondary N) is 1. The minimum absolute atomic E-state index is 0.234. The Labute approximate surface area is 118 Å². The first-order valence-electron chi connectivity index (χ1n) is 6.55. The summed E-state index contributed by atoms with van der Waals surface area (Å²) in [5.74, 6) is 0. The van der Waals surface area contributed by atoms with E-state index in [9.17, 15) is 8.42 Å². The third-order valence-corrected chi connectivity index (χ3v) is 6.09. The van der Waals surface area contributed by atoms with Crippen LogP contribution in [-0.2, 0) is 16.6 Å². The molecule has 0 bridgehead atoms. The molecule has 5 nitrogen and oxygen atoms in total. The molecular formula is C12H21N3O2S2. The molecule has 0 radical (unpaired) electrons. The summed E-state index contributed by atoms with van der Waals surface area (Å²) in [6, 6.07) is 1.85. The van der Waals surface area contributed by atoms with E-state index in [1.807, 2.05) is 0 Å². The smallest absolute Gasteiger partial charge is 0.241 e. The molecule has 19 heavy (non-hydrogen) atoms. The summed E-state index contributed by atoms with van der Waals surface area (Å²) in [5, 5.41) is 1.76. The highest BCUT2D eigenvalue weighted by molar-refractivity contribution is 7.89. The molecule has 0 saturated carbocycles. The molecule has 1 unspecified atom stereocenters. The van der Waals surface area contributed by atoms with Crippen LogP contribution >= 0.6 is 11.3 Å². The van der Waals surface area contributed by atoms with Crippen LogP contribution in [0.15, 0.2) is 16.3 Å². The predicted octanol–water partition coefficient (Wildman–Crippen LogP) is 0.969. The van der Waals surface area contributed by atoms with Crippen LogP contribution in [0.5, 0.6) is 0 Å². The molecule has 1 aliphatic rings. The Balaban J connectivity index is 1.97. The number of nitrogens with zero attached hydrogens (tertiary/aromatic N) is 1. The van der Waals surface area contributed by atoms with Gasteiger partial charge in [0, 0.05) is 24.0 Å². The van der Waals surface area contributed by atoms with Crippen molar-refractivity contribution in [2.24, 2.45) is 5.73 Å². The highest BCUT2D eigenvalue weighted by atomic mass is 32.2. The minimum Gasteiger partial charge on any atom is -0.326 e. The normalized spacial score (nSPS) is 18.8. The maximum Gasteiger partial charge on any atom is 0.241 e. The van der Waals surface area contributed by atoms with Crippen LogP contribution < -0.4 is 10.5 Å². The number of hydrogen-bond acceptors (Lipinski definition) is 5. The molecule has 2 rings (SSSR count). The van der Waals surface area contributed by atoms with Crippen molar-refractivity contribution in [2.45, 2.75) is 37.2 Å². The summed E-state index contributed by atoms with van der Waals surface area (Å²) in [6.45, 7) is 4.90. The number of sulfonamides is 1. The minimum atomic E-state index is -3.43. The highest BCUT2D eigenvalue weighted by Gasteiger charge is 2.22. The van der Waals surface area contributed by atoms with E-state index in [1.165, 1.54) is 24.2 Å². The molecule has 0 aliphatic carbocycles. The van der Waals surface area contributed by atoms with Crippen molar-refractivity contribution in [1.82, 2.24) is 9.62 Å². The summed E-state index contributed by atoms with van der Waals surface area (Å²) >= 11 is 1.38. The van der Waals surface area contributed by atoms with Crippen LogP contribution in [0, 0.1) is 0 Å². The van der Waals surface area contributed by atoms with Crippen LogP contribution in [0.1, 0.15) is 24.6 Å². The Hall–Kier alpha value is -0.470. The zero-order valence-corrected chi connectivity index (χ0v) is 12.8.